The van der Waals surface area contributed by atoms with Gasteiger partial charge in [0.25, 0.3) is 0 Å². The lowest BCUT2D eigenvalue weighted by Gasteiger charge is -2.34. The number of hydrogen-bond donors (Lipinski definition) is 2. The molecule has 1 fully saturated rings. The molecule has 11 heteroatoms. The van der Waals surface area contributed by atoms with E-state index in [0.29, 0.717) is 13.1 Å². The SMILES string of the molecule is NNc1nc(OCC(F)(F)F)nc(N2CCN(Cc3ccccc3)CC2)n1. The van der Waals surface area contributed by atoms with Crippen LogP contribution in [0.2, 0.25) is 0 Å². The maximum Gasteiger partial charge on any atom is 0.422 e. The molecule has 1 aliphatic rings. The van der Waals surface area contributed by atoms with E-state index in [4.69, 9.17) is 5.84 Å². The lowest BCUT2D eigenvalue weighted by molar-refractivity contribution is -0.154. The smallest absolute Gasteiger partial charge is 0.422 e. The van der Waals surface area contributed by atoms with Crippen molar-refractivity contribution in [1.82, 2.24) is 19.9 Å². The number of anilines is 2. The summed E-state index contributed by atoms with van der Waals surface area (Å²) in [5.41, 5.74) is 3.45. The number of halogens is 3. The van der Waals surface area contributed by atoms with Crippen LogP contribution in [0, 0.1) is 0 Å². The molecule has 146 valence electrons. The standard InChI is InChI=1S/C16H20F3N7O/c17-16(18,19)11-27-15-22-13(24-20)21-14(23-15)26-8-6-25(7-9-26)10-12-4-2-1-3-5-12/h1-5H,6-11,20H2,(H,21,22,23,24). The number of hydrogen-bond acceptors (Lipinski definition) is 8. The number of aromatic nitrogens is 3. The van der Waals surface area contributed by atoms with Gasteiger partial charge in [0.05, 0.1) is 0 Å². The first-order valence-corrected chi connectivity index (χ1v) is 8.36. The summed E-state index contributed by atoms with van der Waals surface area (Å²) < 4.78 is 41.7. The summed E-state index contributed by atoms with van der Waals surface area (Å²) in [5, 5.41) is 0. The summed E-state index contributed by atoms with van der Waals surface area (Å²) in [4.78, 5) is 16.0. The Bertz CT molecular complexity index is 737. The van der Waals surface area contributed by atoms with E-state index in [1.807, 2.05) is 23.1 Å². The van der Waals surface area contributed by atoms with Gasteiger partial charge in [-0.1, -0.05) is 30.3 Å². The number of nitrogen functional groups attached to an aromatic ring is 1. The number of nitrogens with zero attached hydrogens (tertiary/aromatic N) is 5. The number of ether oxygens (including phenoxy) is 1. The van der Waals surface area contributed by atoms with E-state index >= 15 is 0 Å². The van der Waals surface area contributed by atoms with Crippen molar-refractivity contribution in [1.29, 1.82) is 0 Å². The van der Waals surface area contributed by atoms with Crippen LogP contribution < -0.4 is 20.9 Å². The number of hydrazine groups is 1. The largest absolute Gasteiger partial charge is 0.454 e. The Morgan fingerprint density at radius 3 is 2.37 bits per heavy atom. The number of benzene rings is 1. The minimum Gasteiger partial charge on any atom is -0.454 e. The van der Waals surface area contributed by atoms with Crippen LogP contribution in [0.1, 0.15) is 5.56 Å². The van der Waals surface area contributed by atoms with Crippen LogP contribution >= 0.6 is 0 Å². The molecule has 0 saturated carbocycles. The van der Waals surface area contributed by atoms with Crippen molar-refractivity contribution in [3.05, 3.63) is 35.9 Å². The lowest BCUT2D eigenvalue weighted by atomic mass is 10.2. The zero-order chi connectivity index (χ0) is 19.3. The maximum atomic E-state index is 12.3. The highest BCUT2D eigenvalue weighted by Gasteiger charge is 2.29. The lowest BCUT2D eigenvalue weighted by Crippen LogP contribution is -2.46. The second-order valence-electron chi connectivity index (χ2n) is 6.04. The van der Waals surface area contributed by atoms with Gasteiger partial charge in [-0.2, -0.15) is 28.1 Å². The van der Waals surface area contributed by atoms with E-state index in [1.165, 1.54) is 5.56 Å². The predicted octanol–water partition coefficient (Wildman–Crippen LogP) is 1.42. The summed E-state index contributed by atoms with van der Waals surface area (Å²) in [7, 11) is 0. The quantitative estimate of drug-likeness (QED) is 0.572. The fourth-order valence-corrected chi connectivity index (χ4v) is 2.71. The van der Waals surface area contributed by atoms with Gasteiger partial charge < -0.3 is 9.64 Å². The summed E-state index contributed by atoms with van der Waals surface area (Å²) >= 11 is 0. The van der Waals surface area contributed by atoms with Crippen molar-refractivity contribution in [3.8, 4) is 6.01 Å². The highest BCUT2D eigenvalue weighted by atomic mass is 19.4. The molecule has 0 amide bonds. The molecule has 3 N–H and O–H groups in total. The summed E-state index contributed by atoms with van der Waals surface area (Å²) in [6, 6.07) is 9.70. The first kappa shape index (κ1) is 19.1. The molecule has 8 nitrogen and oxygen atoms in total. The van der Waals surface area contributed by atoms with Crippen molar-refractivity contribution in [3.63, 3.8) is 0 Å². The molecule has 1 aliphatic heterocycles. The van der Waals surface area contributed by atoms with Crippen molar-refractivity contribution in [2.45, 2.75) is 12.7 Å². The molecule has 0 spiro atoms. The Morgan fingerprint density at radius 1 is 1.04 bits per heavy atom. The highest BCUT2D eigenvalue weighted by Crippen LogP contribution is 2.20. The molecule has 0 unspecified atom stereocenters. The van der Waals surface area contributed by atoms with Crippen molar-refractivity contribution < 1.29 is 17.9 Å². The minimum absolute atomic E-state index is 0.0520. The van der Waals surface area contributed by atoms with E-state index < -0.39 is 18.8 Å². The summed E-state index contributed by atoms with van der Waals surface area (Å²) in [5.74, 6) is 5.48. The number of alkyl halides is 3. The molecule has 1 saturated heterocycles. The van der Waals surface area contributed by atoms with E-state index in [1.54, 1.807) is 0 Å². The monoisotopic (exact) mass is 383 g/mol. The Hall–Kier alpha value is -2.66. The first-order valence-electron chi connectivity index (χ1n) is 8.36. The van der Waals surface area contributed by atoms with Gasteiger partial charge in [0.1, 0.15) is 0 Å². The molecule has 3 rings (SSSR count). The minimum atomic E-state index is -4.48. The fraction of sp³-hybridized carbons (Fsp3) is 0.438. The molecule has 27 heavy (non-hydrogen) atoms. The van der Waals surface area contributed by atoms with Gasteiger partial charge in [-0.15, -0.1) is 0 Å². The number of nitrogens with two attached hydrogens (primary N) is 1. The van der Waals surface area contributed by atoms with Crippen LogP contribution in [0.15, 0.2) is 30.3 Å². The molecule has 2 heterocycles. The summed E-state index contributed by atoms with van der Waals surface area (Å²) in [6.45, 7) is 2.14. The van der Waals surface area contributed by atoms with Crippen LogP contribution in [-0.4, -0.2) is 58.8 Å². The van der Waals surface area contributed by atoms with E-state index in [2.05, 4.69) is 42.1 Å². The average molecular weight is 383 g/mol. The molecule has 0 bridgehead atoms. The molecule has 1 aromatic carbocycles. The molecule has 0 atom stereocenters. The Labute approximate surface area is 154 Å². The van der Waals surface area contributed by atoms with Gasteiger partial charge in [0, 0.05) is 32.7 Å². The van der Waals surface area contributed by atoms with Gasteiger partial charge >= 0.3 is 12.2 Å². The third-order valence-electron chi connectivity index (χ3n) is 4.00. The van der Waals surface area contributed by atoms with Crippen molar-refractivity contribution >= 4 is 11.9 Å². The summed E-state index contributed by atoms with van der Waals surface area (Å²) in [6.07, 6.45) is -4.48. The topological polar surface area (TPSA) is 92.4 Å². The first-order chi connectivity index (χ1) is 12.9. The molecule has 2 aromatic rings. The van der Waals surface area contributed by atoms with Gasteiger partial charge in [-0.05, 0) is 5.56 Å². The Kier molecular flexibility index (Phi) is 5.91. The number of rotatable bonds is 6. The maximum absolute atomic E-state index is 12.3. The average Bonchev–Trinajstić information content (AvgIpc) is 2.67. The zero-order valence-corrected chi connectivity index (χ0v) is 14.5. The number of piperazine rings is 1. The third-order valence-corrected chi connectivity index (χ3v) is 4.00. The van der Waals surface area contributed by atoms with E-state index in [0.717, 1.165) is 19.6 Å². The molecular weight excluding hydrogens is 363 g/mol. The third kappa shape index (κ3) is 5.66. The molecule has 0 aliphatic carbocycles. The second kappa shape index (κ2) is 8.35. The Morgan fingerprint density at radius 2 is 1.74 bits per heavy atom. The van der Waals surface area contributed by atoms with Crippen LogP contribution in [0.3, 0.4) is 0 Å². The van der Waals surface area contributed by atoms with Gasteiger partial charge in [0.15, 0.2) is 6.61 Å². The van der Waals surface area contributed by atoms with Crippen molar-refractivity contribution in [2.24, 2.45) is 5.84 Å². The highest BCUT2D eigenvalue weighted by molar-refractivity contribution is 5.38. The second-order valence-corrected chi connectivity index (χ2v) is 6.04. The predicted molar refractivity (Wildman–Crippen MR) is 93.1 cm³/mol. The van der Waals surface area contributed by atoms with Crippen molar-refractivity contribution in [2.75, 3.05) is 43.1 Å². The van der Waals surface area contributed by atoms with Crippen LogP contribution in [0.4, 0.5) is 25.1 Å². The molecular formula is C16H20F3N7O. The fourth-order valence-electron chi connectivity index (χ4n) is 2.71. The Balaban J connectivity index is 1.62. The van der Waals surface area contributed by atoms with Crippen LogP contribution in [-0.2, 0) is 6.54 Å². The normalized spacial score (nSPS) is 15.6. The van der Waals surface area contributed by atoms with Crippen LogP contribution in [0.5, 0.6) is 6.01 Å². The van der Waals surface area contributed by atoms with Crippen LogP contribution in [0.25, 0.3) is 0 Å². The van der Waals surface area contributed by atoms with Gasteiger partial charge in [-0.3, -0.25) is 10.3 Å². The number of nitrogens with one attached hydrogen (secondary N) is 1. The molecule has 0 radical (unpaired) electrons. The van der Waals surface area contributed by atoms with E-state index in [9.17, 15) is 13.2 Å². The van der Waals surface area contributed by atoms with Gasteiger partial charge in [0.2, 0.25) is 11.9 Å². The van der Waals surface area contributed by atoms with E-state index in [-0.39, 0.29) is 11.9 Å². The zero-order valence-electron chi connectivity index (χ0n) is 14.5. The van der Waals surface area contributed by atoms with Gasteiger partial charge in [-0.25, -0.2) is 5.84 Å². The molecule has 1 aromatic heterocycles.